The summed E-state index contributed by atoms with van der Waals surface area (Å²) in [6.07, 6.45) is 6.37. The zero-order valence-electron chi connectivity index (χ0n) is 12.0. The van der Waals surface area contributed by atoms with Crippen LogP contribution in [-0.2, 0) is 0 Å². The molecule has 4 nitrogen and oxygen atoms in total. The predicted octanol–water partition coefficient (Wildman–Crippen LogP) is 2.63. The van der Waals surface area contributed by atoms with E-state index in [0.29, 0.717) is 0 Å². The number of aromatic nitrogens is 2. The monoisotopic (exact) mass is 270 g/mol. The van der Waals surface area contributed by atoms with Gasteiger partial charge in [-0.05, 0) is 57.1 Å². The van der Waals surface area contributed by atoms with E-state index in [0.717, 1.165) is 23.8 Å². The van der Waals surface area contributed by atoms with E-state index >= 15 is 0 Å². The van der Waals surface area contributed by atoms with Gasteiger partial charge in [0.1, 0.15) is 0 Å². The second kappa shape index (κ2) is 6.09. The van der Waals surface area contributed by atoms with Gasteiger partial charge in [0.2, 0.25) is 0 Å². The normalized spacial score (nSPS) is 17.2. The van der Waals surface area contributed by atoms with Crippen molar-refractivity contribution < 1.29 is 0 Å². The summed E-state index contributed by atoms with van der Waals surface area (Å²) < 4.78 is 1.91. The molecule has 2 heterocycles. The molecule has 0 bridgehead atoms. The first-order valence-corrected chi connectivity index (χ1v) is 7.34. The van der Waals surface area contributed by atoms with Gasteiger partial charge in [0, 0.05) is 18.9 Å². The van der Waals surface area contributed by atoms with E-state index in [2.05, 4.69) is 46.6 Å². The van der Waals surface area contributed by atoms with Crippen LogP contribution in [0.25, 0.3) is 5.69 Å². The van der Waals surface area contributed by atoms with Crippen LogP contribution in [0.15, 0.2) is 42.7 Å². The van der Waals surface area contributed by atoms with Crippen molar-refractivity contribution in [3.63, 3.8) is 0 Å². The summed E-state index contributed by atoms with van der Waals surface area (Å²) in [5.41, 5.74) is 2.28. The van der Waals surface area contributed by atoms with E-state index < -0.39 is 0 Å². The fourth-order valence-corrected chi connectivity index (χ4v) is 2.75. The third-order valence-electron chi connectivity index (χ3n) is 4.07. The van der Waals surface area contributed by atoms with E-state index in [1.54, 1.807) is 0 Å². The largest absolute Gasteiger partial charge is 0.383 e. The van der Waals surface area contributed by atoms with Crippen LogP contribution in [0.4, 0.5) is 5.69 Å². The molecule has 20 heavy (non-hydrogen) atoms. The Morgan fingerprint density at radius 3 is 2.75 bits per heavy atom. The molecule has 1 aromatic carbocycles. The van der Waals surface area contributed by atoms with Crippen LogP contribution in [0.1, 0.15) is 12.8 Å². The minimum atomic E-state index is 0.775. The Bertz CT molecular complexity index is 527. The zero-order chi connectivity index (χ0) is 13.8. The topological polar surface area (TPSA) is 33.1 Å². The molecule has 106 valence electrons. The molecule has 1 saturated heterocycles. The quantitative estimate of drug-likeness (QED) is 0.927. The van der Waals surface area contributed by atoms with Crippen molar-refractivity contribution in [3.05, 3.63) is 42.7 Å². The Morgan fingerprint density at radius 1 is 1.20 bits per heavy atom. The predicted molar refractivity (Wildman–Crippen MR) is 82.3 cm³/mol. The molecule has 1 aromatic heterocycles. The highest BCUT2D eigenvalue weighted by Crippen LogP contribution is 2.21. The van der Waals surface area contributed by atoms with E-state index in [-0.39, 0.29) is 0 Å². The number of hydrogen-bond acceptors (Lipinski definition) is 3. The number of nitrogens with one attached hydrogen (secondary N) is 1. The third kappa shape index (κ3) is 3.02. The summed E-state index contributed by atoms with van der Waals surface area (Å²) in [7, 11) is 2.21. The van der Waals surface area contributed by atoms with Crippen LogP contribution in [0.3, 0.4) is 0 Å². The lowest BCUT2D eigenvalue weighted by atomic mass is 9.97. The van der Waals surface area contributed by atoms with Gasteiger partial charge >= 0.3 is 0 Å². The van der Waals surface area contributed by atoms with E-state index in [9.17, 15) is 0 Å². The summed E-state index contributed by atoms with van der Waals surface area (Å²) in [4.78, 5) is 2.41. The second-order valence-electron chi connectivity index (χ2n) is 5.60. The third-order valence-corrected chi connectivity index (χ3v) is 4.07. The Kier molecular flexibility index (Phi) is 4.02. The first-order valence-electron chi connectivity index (χ1n) is 7.34. The van der Waals surface area contributed by atoms with Crippen molar-refractivity contribution in [2.75, 3.05) is 32.0 Å². The van der Waals surface area contributed by atoms with Gasteiger partial charge in [0.05, 0.1) is 11.4 Å². The smallest absolute Gasteiger partial charge is 0.0876 e. The molecule has 0 amide bonds. The molecule has 1 aliphatic heterocycles. The molecule has 1 N–H and O–H groups in total. The van der Waals surface area contributed by atoms with Crippen molar-refractivity contribution in [1.82, 2.24) is 14.7 Å². The first kappa shape index (κ1) is 13.2. The number of benzene rings is 1. The molecular weight excluding hydrogens is 248 g/mol. The molecule has 0 atom stereocenters. The van der Waals surface area contributed by atoms with Gasteiger partial charge in [-0.15, -0.1) is 0 Å². The summed E-state index contributed by atoms with van der Waals surface area (Å²) in [5, 5.41) is 7.93. The van der Waals surface area contributed by atoms with Crippen molar-refractivity contribution in [1.29, 1.82) is 0 Å². The van der Waals surface area contributed by atoms with Crippen molar-refractivity contribution in [2.45, 2.75) is 12.8 Å². The van der Waals surface area contributed by atoms with Gasteiger partial charge in [-0.25, -0.2) is 4.68 Å². The van der Waals surface area contributed by atoms with Gasteiger partial charge in [-0.3, -0.25) is 0 Å². The Morgan fingerprint density at radius 2 is 2.00 bits per heavy atom. The Balaban J connectivity index is 1.66. The van der Waals surface area contributed by atoms with Crippen molar-refractivity contribution in [2.24, 2.45) is 5.92 Å². The zero-order valence-corrected chi connectivity index (χ0v) is 12.0. The number of anilines is 1. The van der Waals surface area contributed by atoms with Crippen LogP contribution in [-0.4, -0.2) is 41.4 Å². The standard InChI is InChI=1S/C16H22N4/c1-19-11-7-14(8-12-19)13-17-15-5-2-3-6-16(15)20-10-4-9-18-20/h2-6,9-10,14,17H,7-8,11-13H2,1H3. The molecular formula is C16H22N4. The average Bonchev–Trinajstić information content (AvgIpc) is 3.01. The molecule has 1 aliphatic rings. The van der Waals surface area contributed by atoms with Gasteiger partial charge < -0.3 is 10.2 Å². The molecule has 0 unspecified atom stereocenters. The molecule has 0 aliphatic carbocycles. The maximum absolute atomic E-state index is 4.32. The molecule has 2 aromatic rings. The minimum absolute atomic E-state index is 0.775. The highest BCUT2D eigenvalue weighted by atomic mass is 15.3. The number of hydrogen-bond donors (Lipinski definition) is 1. The van der Waals surface area contributed by atoms with Gasteiger partial charge in [0.25, 0.3) is 0 Å². The van der Waals surface area contributed by atoms with Crippen LogP contribution in [0.5, 0.6) is 0 Å². The fraction of sp³-hybridized carbons (Fsp3) is 0.438. The lowest BCUT2D eigenvalue weighted by molar-refractivity contribution is 0.226. The van der Waals surface area contributed by atoms with Crippen LogP contribution in [0.2, 0.25) is 0 Å². The Hall–Kier alpha value is -1.81. The van der Waals surface area contributed by atoms with E-state index in [1.807, 2.05) is 23.1 Å². The maximum atomic E-state index is 4.32. The lowest BCUT2D eigenvalue weighted by Gasteiger charge is -2.29. The van der Waals surface area contributed by atoms with Gasteiger partial charge in [0.15, 0.2) is 0 Å². The van der Waals surface area contributed by atoms with Gasteiger partial charge in [-0.2, -0.15) is 5.10 Å². The number of nitrogens with zero attached hydrogens (tertiary/aromatic N) is 3. The maximum Gasteiger partial charge on any atom is 0.0876 e. The van der Waals surface area contributed by atoms with Crippen LogP contribution < -0.4 is 5.32 Å². The molecule has 0 saturated carbocycles. The summed E-state index contributed by atoms with van der Waals surface area (Å²) in [6.45, 7) is 3.48. The highest BCUT2D eigenvalue weighted by molar-refractivity contribution is 5.60. The molecule has 1 fully saturated rings. The van der Waals surface area contributed by atoms with Crippen molar-refractivity contribution in [3.8, 4) is 5.69 Å². The van der Waals surface area contributed by atoms with E-state index in [4.69, 9.17) is 0 Å². The SMILES string of the molecule is CN1CCC(CNc2ccccc2-n2cccn2)CC1. The average molecular weight is 270 g/mol. The minimum Gasteiger partial charge on any atom is -0.383 e. The number of likely N-dealkylation sites (tertiary alicyclic amines) is 1. The fourth-order valence-electron chi connectivity index (χ4n) is 2.75. The second-order valence-corrected chi connectivity index (χ2v) is 5.60. The number of rotatable bonds is 4. The summed E-state index contributed by atoms with van der Waals surface area (Å²) >= 11 is 0. The van der Waals surface area contributed by atoms with E-state index in [1.165, 1.54) is 25.9 Å². The molecule has 0 radical (unpaired) electrons. The van der Waals surface area contributed by atoms with Gasteiger partial charge in [-0.1, -0.05) is 12.1 Å². The summed E-state index contributed by atoms with van der Waals surface area (Å²) in [5.74, 6) is 0.775. The molecule has 0 spiro atoms. The van der Waals surface area contributed by atoms with Crippen LogP contribution >= 0.6 is 0 Å². The summed E-state index contributed by atoms with van der Waals surface area (Å²) in [6, 6.07) is 10.3. The lowest BCUT2D eigenvalue weighted by Crippen LogP contribution is -2.33. The number of piperidine rings is 1. The molecule has 4 heteroatoms. The molecule has 3 rings (SSSR count). The van der Waals surface area contributed by atoms with Crippen molar-refractivity contribution >= 4 is 5.69 Å². The van der Waals surface area contributed by atoms with Crippen LogP contribution in [0, 0.1) is 5.92 Å². The number of para-hydroxylation sites is 2. The first-order chi connectivity index (χ1) is 9.83. The Labute approximate surface area is 120 Å². The highest BCUT2D eigenvalue weighted by Gasteiger charge is 2.16.